The summed E-state index contributed by atoms with van der Waals surface area (Å²) in [4.78, 5) is 4.25. The molecule has 0 radical (unpaired) electrons. The first kappa shape index (κ1) is 11.7. The summed E-state index contributed by atoms with van der Waals surface area (Å²) in [6, 6.07) is 7.33. The molecule has 0 saturated carbocycles. The van der Waals surface area contributed by atoms with E-state index in [0.29, 0.717) is 23.3 Å². The second-order valence-corrected chi connectivity index (χ2v) is 3.85. The Balaban J connectivity index is 2.07. The van der Waals surface area contributed by atoms with E-state index < -0.39 is 0 Å². The van der Waals surface area contributed by atoms with Crippen molar-refractivity contribution in [3.63, 3.8) is 0 Å². The number of para-hydroxylation sites is 1. The van der Waals surface area contributed by atoms with E-state index in [4.69, 9.17) is 16.3 Å². The highest BCUT2D eigenvalue weighted by Gasteiger charge is 2.07. The zero-order chi connectivity index (χ0) is 12.3. The minimum atomic E-state index is 0.328. The van der Waals surface area contributed by atoms with E-state index in [1.54, 1.807) is 17.8 Å². The molecule has 17 heavy (non-hydrogen) atoms. The molecule has 0 amide bonds. The maximum atomic E-state index is 5.98. The van der Waals surface area contributed by atoms with E-state index in [-0.39, 0.29) is 0 Å². The number of nitrogens with zero attached hydrogens (tertiary/aromatic N) is 3. The zero-order valence-electron chi connectivity index (χ0n) is 9.64. The van der Waals surface area contributed by atoms with Crippen LogP contribution in [0, 0.1) is 0 Å². The molecule has 1 heterocycles. The van der Waals surface area contributed by atoms with Crippen LogP contribution in [-0.4, -0.2) is 21.8 Å². The number of rotatable bonds is 4. The lowest BCUT2D eigenvalue weighted by atomic mass is 10.3. The Hall–Kier alpha value is -1.75. The van der Waals surface area contributed by atoms with Gasteiger partial charge in [-0.05, 0) is 12.1 Å². The summed E-state index contributed by atoms with van der Waals surface area (Å²) >= 11 is 5.98. The number of hydrogen-bond donors (Lipinski definition) is 1. The molecule has 90 valence electrons. The first-order valence-electron chi connectivity index (χ1n) is 5.15. The highest BCUT2D eigenvalue weighted by molar-refractivity contribution is 6.32. The fourth-order valence-corrected chi connectivity index (χ4v) is 1.54. The molecule has 0 aliphatic rings. The molecule has 1 aromatic carbocycles. The van der Waals surface area contributed by atoms with Crippen LogP contribution in [0.15, 0.2) is 24.3 Å². The van der Waals surface area contributed by atoms with Gasteiger partial charge < -0.3 is 10.1 Å². The van der Waals surface area contributed by atoms with Gasteiger partial charge >= 0.3 is 0 Å². The van der Waals surface area contributed by atoms with Crippen molar-refractivity contribution in [2.75, 3.05) is 12.4 Å². The smallest absolute Gasteiger partial charge is 0.242 e. The first-order chi connectivity index (χ1) is 8.20. The monoisotopic (exact) mass is 252 g/mol. The third-order valence-electron chi connectivity index (χ3n) is 2.27. The first-order valence-corrected chi connectivity index (χ1v) is 5.53. The van der Waals surface area contributed by atoms with Crippen LogP contribution in [0.3, 0.4) is 0 Å². The van der Waals surface area contributed by atoms with Gasteiger partial charge in [-0.15, -0.1) is 5.10 Å². The molecule has 0 aliphatic heterocycles. The van der Waals surface area contributed by atoms with Crippen LogP contribution in [0.4, 0.5) is 5.95 Å². The van der Waals surface area contributed by atoms with Gasteiger partial charge in [-0.3, -0.25) is 0 Å². The fraction of sp³-hybridized carbons (Fsp3) is 0.273. The molecule has 5 nitrogen and oxygen atoms in total. The molecule has 0 aliphatic carbocycles. The van der Waals surface area contributed by atoms with Gasteiger partial charge in [0.05, 0.1) is 5.02 Å². The summed E-state index contributed by atoms with van der Waals surface area (Å²) in [7, 11) is 3.59. The van der Waals surface area contributed by atoms with Crippen LogP contribution in [0.25, 0.3) is 0 Å². The van der Waals surface area contributed by atoms with Gasteiger partial charge in [0, 0.05) is 14.1 Å². The van der Waals surface area contributed by atoms with Crippen molar-refractivity contribution < 1.29 is 4.74 Å². The maximum absolute atomic E-state index is 5.98. The van der Waals surface area contributed by atoms with Gasteiger partial charge in [-0.2, -0.15) is 4.98 Å². The number of nitrogens with one attached hydrogen (secondary N) is 1. The third kappa shape index (κ3) is 2.68. The van der Waals surface area contributed by atoms with Crippen LogP contribution in [-0.2, 0) is 13.7 Å². The Morgan fingerprint density at radius 3 is 2.82 bits per heavy atom. The summed E-state index contributed by atoms with van der Waals surface area (Å²) in [5.74, 6) is 1.95. The molecule has 0 fully saturated rings. The van der Waals surface area contributed by atoms with Crippen LogP contribution in [0.2, 0.25) is 5.02 Å². The molecule has 0 saturated heterocycles. The van der Waals surface area contributed by atoms with Crippen molar-refractivity contribution >= 4 is 17.5 Å². The minimum absolute atomic E-state index is 0.328. The molecule has 0 unspecified atom stereocenters. The van der Waals surface area contributed by atoms with Crippen LogP contribution in [0.5, 0.6) is 5.75 Å². The predicted molar refractivity (Wildman–Crippen MR) is 66.3 cm³/mol. The highest BCUT2D eigenvalue weighted by atomic mass is 35.5. The van der Waals surface area contributed by atoms with E-state index in [1.807, 2.05) is 25.2 Å². The molecule has 1 aromatic heterocycles. The van der Waals surface area contributed by atoms with E-state index in [9.17, 15) is 0 Å². The zero-order valence-corrected chi connectivity index (χ0v) is 10.4. The summed E-state index contributed by atoms with van der Waals surface area (Å²) in [5, 5.41) is 7.60. The summed E-state index contributed by atoms with van der Waals surface area (Å²) in [6.07, 6.45) is 0. The Kier molecular flexibility index (Phi) is 3.49. The Labute approximate surface area is 104 Å². The van der Waals surface area contributed by atoms with Crippen LogP contribution in [0.1, 0.15) is 5.82 Å². The van der Waals surface area contributed by atoms with Crippen molar-refractivity contribution in [3.05, 3.63) is 35.1 Å². The average molecular weight is 253 g/mol. The molecule has 2 rings (SSSR count). The molecule has 1 N–H and O–H groups in total. The van der Waals surface area contributed by atoms with Crippen LogP contribution < -0.4 is 10.1 Å². The fourth-order valence-electron chi connectivity index (χ4n) is 1.35. The summed E-state index contributed by atoms with van der Waals surface area (Å²) in [6.45, 7) is 0.328. The van der Waals surface area contributed by atoms with Gasteiger partial charge in [0.1, 0.15) is 12.4 Å². The van der Waals surface area contributed by atoms with Gasteiger partial charge in [-0.25, -0.2) is 4.68 Å². The van der Waals surface area contributed by atoms with E-state index >= 15 is 0 Å². The summed E-state index contributed by atoms with van der Waals surface area (Å²) in [5.41, 5.74) is 0. The van der Waals surface area contributed by atoms with Crippen molar-refractivity contribution in [2.24, 2.45) is 7.05 Å². The topological polar surface area (TPSA) is 52.0 Å². The second kappa shape index (κ2) is 5.05. The van der Waals surface area contributed by atoms with Gasteiger partial charge in [0.2, 0.25) is 5.95 Å². The van der Waals surface area contributed by atoms with E-state index in [1.165, 1.54) is 0 Å². The number of anilines is 1. The lowest BCUT2D eigenvalue weighted by Gasteiger charge is -2.06. The van der Waals surface area contributed by atoms with E-state index in [2.05, 4.69) is 15.4 Å². The minimum Gasteiger partial charge on any atom is -0.484 e. The van der Waals surface area contributed by atoms with Gasteiger partial charge in [-0.1, -0.05) is 23.7 Å². The molecule has 6 heteroatoms. The number of aryl methyl sites for hydroxylation is 1. The largest absolute Gasteiger partial charge is 0.484 e. The number of benzene rings is 1. The van der Waals surface area contributed by atoms with Crippen molar-refractivity contribution in [1.82, 2.24) is 14.8 Å². The Bertz CT molecular complexity index is 512. The molecule has 0 bridgehead atoms. The van der Waals surface area contributed by atoms with Gasteiger partial charge in [0.15, 0.2) is 5.82 Å². The lowest BCUT2D eigenvalue weighted by Crippen LogP contribution is -2.04. The molecule has 0 atom stereocenters. The van der Waals surface area contributed by atoms with E-state index in [0.717, 1.165) is 5.82 Å². The number of hydrogen-bond acceptors (Lipinski definition) is 4. The predicted octanol–water partition coefficient (Wildman–Crippen LogP) is 2.09. The van der Waals surface area contributed by atoms with Crippen molar-refractivity contribution in [2.45, 2.75) is 6.61 Å². The van der Waals surface area contributed by atoms with Crippen LogP contribution >= 0.6 is 11.6 Å². The molecular formula is C11H13ClN4O. The number of aromatic nitrogens is 3. The number of ether oxygens (including phenoxy) is 1. The quantitative estimate of drug-likeness (QED) is 0.905. The highest BCUT2D eigenvalue weighted by Crippen LogP contribution is 2.23. The van der Waals surface area contributed by atoms with Crippen molar-refractivity contribution in [1.29, 1.82) is 0 Å². The molecular weight excluding hydrogens is 240 g/mol. The Morgan fingerprint density at radius 1 is 1.41 bits per heavy atom. The standard InChI is InChI=1S/C11H13ClN4O/c1-13-11-14-10(16(2)15-11)7-17-9-6-4-3-5-8(9)12/h3-6H,7H2,1-2H3,(H,13,15). The van der Waals surface area contributed by atoms with Crippen molar-refractivity contribution in [3.8, 4) is 5.75 Å². The SMILES string of the molecule is CNc1nc(COc2ccccc2Cl)n(C)n1. The normalized spacial score (nSPS) is 10.3. The molecule has 0 spiro atoms. The summed E-state index contributed by atoms with van der Waals surface area (Å²) < 4.78 is 7.25. The third-order valence-corrected chi connectivity index (χ3v) is 2.58. The Morgan fingerprint density at radius 2 is 2.18 bits per heavy atom. The lowest BCUT2D eigenvalue weighted by molar-refractivity contribution is 0.290. The number of halogens is 1. The maximum Gasteiger partial charge on any atom is 0.242 e. The average Bonchev–Trinajstić information content (AvgIpc) is 2.69. The second-order valence-electron chi connectivity index (χ2n) is 3.44. The molecule has 2 aromatic rings. The van der Waals surface area contributed by atoms with Gasteiger partial charge in [0.25, 0.3) is 0 Å².